The highest BCUT2D eigenvalue weighted by atomic mass is 16.1. The van der Waals surface area contributed by atoms with Crippen LogP contribution in [0.5, 0.6) is 0 Å². The molecular weight excluding hydrogens is 234 g/mol. The van der Waals surface area contributed by atoms with Gasteiger partial charge < -0.3 is 5.32 Å². The van der Waals surface area contributed by atoms with Crippen molar-refractivity contribution < 1.29 is 4.79 Å². The number of rotatable bonds is 6. The van der Waals surface area contributed by atoms with Crippen LogP contribution in [0.15, 0.2) is 0 Å². The van der Waals surface area contributed by atoms with Crippen LogP contribution in [0.3, 0.4) is 0 Å². The fourth-order valence-electron chi connectivity index (χ4n) is 5.51. The van der Waals surface area contributed by atoms with E-state index < -0.39 is 0 Å². The van der Waals surface area contributed by atoms with Crippen molar-refractivity contribution in [1.82, 2.24) is 5.32 Å². The maximum atomic E-state index is 12.2. The first-order valence-electron chi connectivity index (χ1n) is 8.46. The topological polar surface area (TPSA) is 29.1 Å². The molecule has 19 heavy (non-hydrogen) atoms. The van der Waals surface area contributed by atoms with Crippen molar-refractivity contribution in [2.24, 2.45) is 23.2 Å². The Morgan fingerprint density at radius 1 is 1.05 bits per heavy atom. The Morgan fingerprint density at radius 3 is 2.16 bits per heavy atom. The molecule has 4 saturated carbocycles. The fourth-order valence-corrected chi connectivity index (χ4v) is 5.51. The third-order valence-corrected chi connectivity index (χ3v) is 5.80. The number of carbonyl (C=O) groups is 1. The summed E-state index contributed by atoms with van der Waals surface area (Å²) in [6.07, 6.45) is 12.9. The maximum Gasteiger partial charge on any atom is 0.220 e. The quantitative estimate of drug-likeness (QED) is 0.724. The van der Waals surface area contributed by atoms with Crippen LogP contribution in [0, 0.1) is 23.2 Å². The molecule has 0 spiro atoms. The predicted octanol–water partition coefficient (Wildman–Crippen LogP) is 3.90. The standard InChI is InChI=1S/C17H29NO/c1-2-3-4-5-18-16(19)12-17-9-13-6-14(10-17)8-15(7-13)11-17/h13-15H,2-12H2,1H3,(H,18,19). The number of hydrogen-bond acceptors (Lipinski definition) is 1. The van der Waals surface area contributed by atoms with Crippen molar-refractivity contribution in [3.05, 3.63) is 0 Å². The van der Waals surface area contributed by atoms with Crippen LogP contribution >= 0.6 is 0 Å². The molecule has 0 unspecified atom stereocenters. The zero-order valence-electron chi connectivity index (χ0n) is 12.4. The maximum absolute atomic E-state index is 12.2. The minimum Gasteiger partial charge on any atom is -0.356 e. The lowest BCUT2D eigenvalue weighted by atomic mass is 9.49. The number of carbonyl (C=O) groups excluding carboxylic acids is 1. The predicted molar refractivity (Wildman–Crippen MR) is 77.8 cm³/mol. The van der Waals surface area contributed by atoms with E-state index in [0.29, 0.717) is 11.3 Å². The van der Waals surface area contributed by atoms with Gasteiger partial charge in [-0.05, 0) is 68.1 Å². The lowest BCUT2D eigenvalue weighted by Gasteiger charge is -2.56. The van der Waals surface area contributed by atoms with E-state index in [1.54, 1.807) is 0 Å². The van der Waals surface area contributed by atoms with E-state index in [2.05, 4.69) is 12.2 Å². The molecule has 0 aromatic carbocycles. The van der Waals surface area contributed by atoms with Crippen molar-refractivity contribution in [3.63, 3.8) is 0 Å². The van der Waals surface area contributed by atoms with Crippen LogP contribution in [0.1, 0.15) is 71.1 Å². The van der Waals surface area contributed by atoms with E-state index in [0.717, 1.165) is 37.1 Å². The first-order chi connectivity index (χ1) is 9.19. The highest BCUT2D eigenvalue weighted by molar-refractivity contribution is 5.76. The largest absolute Gasteiger partial charge is 0.356 e. The van der Waals surface area contributed by atoms with Crippen LogP contribution in [-0.2, 0) is 4.79 Å². The Kier molecular flexibility index (Phi) is 3.86. The van der Waals surface area contributed by atoms with E-state index in [1.165, 1.54) is 51.4 Å². The SMILES string of the molecule is CCCCCNC(=O)CC12CC3CC(CC(C3)C1)C2. The van der Waals surface area contributed by atoms with Gasteiger partial charge in [0.15, 0.2) is 0 Å². The average Bonchev–Trinajstić information content (AvgIpc) is 2.32. The van der Waals surface area contributed by atoms with Gasteiger partial charge in [0.25, 0.3) is 0 Å². The molecule has 1 N–H and O–H groups in total. The highest BCUT2D eigenvalue weighted by Gasteiger charge is 2.51. The summed E-state index contributed by atoms with van der Waals surface area (Å²) in [6.45, 7) is 3.09. The molecule has 0 radical (unpaired) electrons. The molecule has 0 aromatic rings. The minimum atomic E-state index is 0.332. The highest BCUT2D eigenvalue weighted by Crippen LogP contribution is 2.61. The summed E-state index contributed by atoms with van der Waals surface area (Å²) in [5, 5.41) is 3.15. The molecule has 4 rings (SSSR count). The van der Waals surface area contributed by atoms with Crippen LogP contribution in [0.2, 0.25) is 0 Å². The Bertz CT molecular complexity index is 301. The van der Waals surface area contributed by atoms with Crippen molar-refractivity contribution >= 4 is 5.91 Å². The van der Waals surface area contributed by atoms with Crippen molar-refractivity contribution in [2.75, 3.05) is 6.54 Å². The Morgan fingerprint density at radius 2 is 1.63 bits per heavy atom. The summed E-state index contributed by atoms with van der Waals surface area (Å²) in [5.41, 5.74) is 0.406. The molecule has 0 aliphatic heterocycles. The number of hydrogen-bond donors (Lipinski definition) is 1. The smallest absolute Gasteiger partial charge is 0.220 e. The van der Waals surface area contributed by atoms with Crippen molar-refractivity contribution in [1.29, 1.82) is 0 Å². The lowest BCUT2D eigenvalue weighted by Crippen LogP contribution is -2.48. The third-order valence-electron chi connectivity index (χ3n) is 5.80. The van der Waals surface area contributed by atoms with Gasteiger partial charge in [0.2, 0.25) is 5.91 Å². The molecule has 2 heteroatoms. The molecule has 0 heterocycles. The van der Waals surface area contributed by atoms with Crippen LogP contribution < -0.4 is 5.32 Å². The molecule has 1 amide bonds. The number of unbranched alkanes of at least 4 members (excludes halogenated alkanes) is 2. The normalized spacial score (nSPS) is 39.5. The van der Waals surface area contributed by atoms with Gasteiger partial charge in [-0.15, -0.1) is 0 Å². The van der Waals surface area contributed by atoms with Crippen molar-refractivity contribution in [3.8, 4) is 0 Å². The Labute approximate surface area is 117 Å². The summed E-state index contributed by atoms with van der Waals surface area (Å²) < 4.78 is 0. The summed E-state index contributed by atoms with van der Waals surface area (Å²) in [6, 6.07) is 0. The molecule has 4 aliphatic carbocycles. The van der Waals surface area contributed by atoms with E-state index in [9.17, 15) is 4.79 Å². The van der Waals surface area contributed by atoms with Gasteiger partial charge in [-0.25, -0.2) is 0 Å². The molecule has 0 saturated heterocycles. The second kappa shape index (κ2) is 5.46. The molecular formula is C17H29NO. The molecule has 4 fully saturated rings. The summed E-state index contributed by atoms with van der Waals surface area (Å²) in [7, 11) is 0. The van der Waals surface area contributed by atoms with Crippen LogP contribution in [0.4, 0.5) is 0 Å². The Balaban J connectivity index is 1.50. The fraction of sp³-hybridized carbons (Fsp3) is 0.941. The van der Waals surface area contributed by atoms with Gasteiger partial charge >= 0.3 is 0 Å². The Hall–Kier alpha value is -0.530. The second-order valence-corrected chi connectivity index (χ2v) is 7.65. The van der Waals surface area contributed by atoms with Gasteiger partial charge in [0.1, 0.15) is 0 Å². The summed E-state index contributed by atoms with van der Waals surface area (Å²) in [5.74, 6) is 3.20. The lowest BCUT2D eigenvalue weighted by molar-refractivity contribution is -0.129. The van der Waals surface area contributed by atoms with E-state index >= 15 is 0 Å². The van der Waals surface area contributed by atoms with Gasteiger partial charge in [-0.2, -0.15) is 0 Å². The minimum absolute atomic E-state index is 0.332. The third kappa shape index (κ3) is 2.98. The summed E-state index contributed by atoms with van der Waals surface area (Å²) in [4.78, 5) is 12.2. The van der Waals surface area contributed by atoms with Gasteiger partial charge in [-0.3, -0.25) is 4.79 Å². The molecule has 4 bridgehead atoms. The van der Waals surface area contributed by atoms with Crippen LogP contribution in [0.25, 0.3) is 0 Å². The van der Waals surface area contributed by atoms with Gasteiger partial charge in [0, 0.05) is 13.0 Å². The van der Waals surface area contributed by atoms with Gasteiger partial charge in [0.05, 0.1) is 0 Å². The molecule has 2 nitrogen and oxygen atoms in total. The van der Waals surface area contributed by atoms with E-state index in [1.807, 2.05) is 0 Å². The zero-order chi connectivity index (χ0) is 13.3. The van der Waals surface area contributed by atoms with E-state index in [-0.39, 0.29) is 0 Å². The van der Waals surface area contributed by atoms with E-state index in [4.69, 9.17) is 0 Å². The first-order valence-corrected chi connectivity index (χ1v) is 8.46. The monoisotopic (exact) mass is 263 g/mol. The number of nitrogens with one attached hydrogen (secondary N) is 1. The summed E-state index contributed by atoms with van der Waals surface area (Å²) >= 11 is 0. The van der Waals surface area contributed by atoms with Crippen molar-refractivity contribution in [2.45, 2.75) is 71.1 Å². The number of amides is 1. The molecule has 0 atom stereocenters. The van der Waals surface area contributed by atoms with Crippen LogP contribution in [-0.4, -0.2) is 12.5 Å². The zero-order valence-corrected chi connectivity index (χ0v) is 12.4. The first kappa shape index (κ1) is 13.5. The average molecular weight is 263 g/mol. The molecule has 4 aliphatic rings. The second-order valence-electron chi connectivity index (χ2n) is 7.65. The molecule has 0 aromatic heterocycles. The molecule has 108 valence electrons. The van der Waals surface area contributed by atoms with Gasteiger partial charge in [-0.1, -0.05) is 19.8 Å².